The molecule has 2 aromatic carbocycles. The summed E-state index contributed by atoms with van der Waals surface area (Å²) >= 11 is 0. The number of fused-ring (bicyclic) bond motifs is 2. The molecule has 0 atom stereocenters. The summed E-state index contributed by atoms with van der Waals surface area (Å²) in [6.07, 6.45) is -0.132. The topological polar surface area (TPSA) is 96.2 Å². The maximum absolute atomic E-state index is 12.6. The lowest BCUT2D eigenvalue weighted by atomic mass is 10.0. The molecule has 1 aliphatic rings. The van der Waals surface area contributed by atoms with Crippen LogP contribution < -0.4 is 29.9 Å². The Balaban J connectivity index is 1.62. The number of methoxy groups -OCH3 is 2. The molecule has 0 radical (unpaired) electrons. The summed E-state index contributed by atoms with van der Waals surface area (Å²) in [5.74, 6) is 1.65. The van der Waals surface area contributed by atoms with E-state index in [9.17, 15) is 9.59 Å². The highest BCUT2D eigenvalue weighted by atomic mass is 16.6. The molecule has 1 aliphatic heterocycles. The number of anilines is 1. The first kappa shape index (κ1) is 19.6. The molecule has 8 heteroatoms. The number of hydrogen-bond donors (Lipinski definition) is 1. The Morgan fingerprint density at radius 3 is 2.57 bits per heavy atom. The average Bonchev–Trinajstić information content (AvgIpc) is 2.75. The number of aryl methyl sites for hydroxylation is 1. The van der Waals surface area contributed by atoms with Crippen LogP contribution in [0, 0.1) is 6.92 Å². The third-order valence-corrected chi connectivity index (χ3v) is 4.96. The van der Waals surface area contributed by atoms with Crippen LogP contribution in [0.4, 0.5) is 5.69 Å². The van der Waals surface area contributed by atoms with Crippen molar-refractivity contribution in [2.75, 3.05) is 32.8 Å². The Bertz CT molecular complexity index is 1180. The highest BCUT2D eigenvalue weighted by Gasteiger charge is 2.20. The monoisotopic (exact) mass is 411 g/mol. The average molecular weight is 411 g/mol. The van der Waals surface area contributed by atoms with Crippen molar-refractivity contribution in [3.8, 4) is 23.0 Å². The van der Waals surface area contributed by atoms with Gasteiger partial charge in [0.05, 0.1) is 26.2 Å². The minimum Gasteiger partial charge on any atom is -0.493 e. The van der Waals surface area contributed by atoms with Gasteiger partial charge in [-0.25, -0.2) is 4.79 Å². The van der Waals surface area contributed by atoms with Crippen LogP contribution in [0.25, 0.3) is 11.0 Å². The largest absolute Gasteiger partial charge is 0.493 e. The van der Waals surface area contributed by atoms with E-state index in [0.29, 0.717) is 52.8 Å². The van der Waals surface area contributed by atoms with Crippen molar-refractivity contribution in [3.63, 3.8) is 0 Å². The molecule has 0 spiro atoms. The van der Waals surface area contributed by atoms with Crippen molar-refractivity contribution < 1.29 is 28.2 Å². The Morgan fingerprint density at radius 1 is 1.07 bits per heavy atom. The molecule has 0 saturated heterocycles. The van der Waals surface area contributed by atoms with Gasteiger partial charge < -0.3 is 28.7 Å². The summed E-state index contributed by atoms with van der Waals surface area (Å²) < 4.78 is 27.1. The number of nitrogens with one attached hydrogen (secondary N) is 1. The number of carbonyl (C=O) groups excluding carboxylic acids is 1. The summed E-state index contributed by atoms with van der Waals surface area (Å²) in [6, 6.07) is 8.65. The molecule has 4 rings (SSSR count). The van der Waals surface area contributed by atoms with Crippen LogP contribution in [0.2, 0.25) is 0 Å². The molecular weight excluding hydrogens is 390 g/mol. The summed E-state index contributed by atoms with van der Waals surface area (Å²) in [7, 11) is 2.98. The van der Waals surface area contributed by atoms with Gasteiger partial charge in [0.15, 0.2) is 22.8 Å². The van der Waals surface area contributed by atoms with E-state index in [1.54, 1.807) is 37.3 Å². The molecule has 0 fully saturated rings. The zero-order valence-electron chi connectivity index (χ0n) is 16.9. The maximum atomic E-state index is 12.6. The molecule has 30 heavy (non-hydrogen) atoms. The fourth-order valence-corrected chi connectivity index (χ4v) is 3.46. The van der Waals surface area contributed by atoms with Crippen molar-refractivity contribution >= 4 is 22.6 Å². The van der Waals surface area contributed by atoms with Gasteiger partial charge in [0, 0.05) is 17.1 Å². The highest BCUT2D eigenvalue weighted by Crippen LogP contribution is 2.36. The van der Waals surface area contributed by atoms with Crippen LogP contribution in [-0.2, 0) is 11.2 Å². The molecule has 1 aromatic heterocycles. The van der Waals surface area contributed by atoms with Gasteiger partial charge in [-0.3, -0.25) is 4.79 Å². The maximum Gasteiger partial charge on any atom is 0.340 e. The second-order valence-corrected chi connectivity index (χ2v) is 6.75. The fraction of sp³-hybridized carbons (Fsp3) is 0.273. The predicted octanol–water partition coefficient (Wildman–Crippen LogP) is 3.07. The van der Waals surface area contributed by atoms with Gasteiger partial charge in [-0.2, -0.15) is 0 Å². The van der Waals surface area contributed by atoms with Crippen molar-refractivity contribution in [2.45, 2.75) is 13.3 Å². The summed E-state index contributed by atoms with van der Waals surface area (Å²) in [6.45, 7) is 2.72. The Hall–Kier alpha value is -3.68. The molecule has 0 bridgehead atoms. The first-order valence-electron chi connectivity index (χ1n) is 9.38. The van der Waals surface area contributed by atoms with E-state index in [-0.39, 0.29) is 23.5 Å². The van der Waals surface area contributed by atoms with Gasteiger partial charge in [-0.15, -0.1) is 0 Å². The first-order chi connectivity index (χ1) is 14.5. The predicted molar refractivity (Wildman–Crippen MR) is 110 cm³/mol. The second kappa shape index (κ2) is 7.98. The Labute approximate surface area is 172 Å². The Morgan fingerprint density at radius 2 is 1.83 bits per heavy atom. The highest BCUT2D eigenvalue weighted by molar-refractivity contribution is 5.94. The smallest absolute Gasteiger partial charge is 0.340 e. The van der Waals surface area contributed by atoms with Gasteiger partial charge in [-0.1, -0.05) is 0 Å². The van der Waals surface area contributed by atoms with Crippen LogP contribution in [0.3, 0.4) is 0 Å². The quantitative estimate of drug-likeness (QED) is 0.645. The van der Waals surface area contributed by atoms with Crippen molar-refractivity contribution in [2.24, 2.45) is 0 Å². The van der Waals surface area contributed by atoms with Crippen LogP contribution >= 0.6 is 0 Å². The summed E-state index contributed by atoms with van der Waals surface area (Å²) in [5.41, 5.74) is 1.18. The lowest BCUT2D eigenvalue weighted by Gasteiger charge is -2.19. The molecule has 8 nitrogen and oxygen atoms in total. The molecule has 1 amide bonds. The molecule has 0 aliphatic carbocycles. The minimum atomic E-state index is -0.594. The first-order valence-corrected chi connectivity index (χ1v) is 9.38. The van der Waals surface area contributed by atoms with E-state index in [1.165, 1.54) is 14.2 Å². The van der Waals surface area contributed by atoms with Crippen molar-refractivity contribution in [1.82, 2.24) is 0 Å². The molecule has 0 unspecified atom stereocenters. The third kappa shape index (κ3) is 3.52. The van der Waals surface area contributed by atoms with E-state index in [2.05, 4.69) is 5.32 Å². The van der Waals surface area contributed by atoms with Crippen LogP contribution in [0.15, 0.2) is 39.5 Å². The number of hydrogen-bond acceptors (Lipinski definition) is 7. The number of rotatable bonds is 5. The second-order valence-electron chi connectivity index (χ2n) is 6.75. The molecule has 0 saturated carbocycles. The van der Waals surface area contributed by atoms with Gasteiger partial charge in [-0.05, 0) is 36.8 Å². The van der Waals surface area contributed by atoms with E-state index >= 15 is 0 Å². The molecule has 3 aromatic rings. The number of ether oxygens (including phenoxy) is 4. The number of benzene rings is 2. The van der Waals surface area contributed by atoms with Crippen LogP contribution in [0.5, 0.6) is 23.0 Å². The summed E-state index contributed by atoms with van der Waals surface area (Å²) in [4.78, 5) is 25.2. The molecular formula is C22H21NO7. The number of amides is 1. The fourth-order valence-electron chi connectivity index (χ4n) is 3.46. The standard InChI is InChI=1S/C22H21NO7/c1-12-14-5-7-17(26-2)21(27-3)20(14)30-22(25)15(12)11-19(24)23-13-4-6-16-18(10-13)29-9-8-28-16/h4-7,10H,8-9,11H2,1-3H3,(H,23,24). The van der Waals surface area contributed by atoms with Gasteiger partial charge >= 0.3 is 5.63 Å². The van der Waals surface area contributed by atoms with Crippen LogP contribution in [-0.4, -0.2) is 33.3 Å². The molecule has 1 N–H and O–H groups in total. The van der Waals surface area contributed by atoms with E-state index in [1.807, 2.05) is 0 Å². The molecule has 2 heterocycles. The zero-order chi connectivity index (χ0) is 21.3. The number of carbonyl (C=O) groups is 1. The third-order valence-electron chi connectivity index (χ3n) is 4.96. The van der Waals surface area contributed by atoms with Gasteiger partial charge in [0.2, 0.25) is 11.7 Å². The van der Waals surface area contributed by atoms with Crippen molar-refractivity contribution in [3.05, 3.63) is 51.9 Å². The van der Waals surface area contributed by atoms with E-state index in [0.717, 1.165) is 0 Å². The lowest BCUT2D eigenvalue weighted by Crippen LogP contribution is -2.21. The SMILES string of the molecule is COc1ccc2c(C)c(CC(=O)Nc3ccc4c(c3)OCCO4)c(=O)oc2c1OC. The normalized spacial score (nSPS) is 12.5. The minimum absolute atomic E-state index is 0.132. The lowest BCUT2D eigenvalue weighted by molar-refractivity contribution is -0.115. The Kier molecular flexibility index (Phi) is 5.22. The molecule has 156 valence electrons. The van der Waals surface area contributed by atoms with Crippen molar-refractivity contribution in [1.29, 1.82) is 0 Å². The van der Waals surface area contributed by atoms with Gasteiger partial charge in [0.25, 0.3) is 0 Å². The van der Waals surface area contributed by atoms with E-state index < -0.39 is 5.63 Å². The zero-order valence-corrected chi connectivity index (χ0v) is 16.9. The van der Waals surface area contributed by atoms with Gasteiger partial charge in [0.1, 0.15) is 13.2 Å². The summed E-state index contributed by atoms with van der Waals surface area (Å²) in [5, 5.41) is 3.46. The van der Waals surface area contributed by atoms with E-state index in [4.69, 9.17) is 23.4 Å². The van der Waals surface area contributed by atoms with Crippen LogP contribution in [0.1, 0.15) is 11.1 Å².